The number of fused-ring (bicyclic) bond motifs is 1. The summed E-state index contributed by atoms with van der Waals surface area (Å²) in [5, 5.41) is 4.63. The Hall–Kier alpha value is -1.64. The maximum absolute atomic E-state index is 6.39. The highest BCUT2D eigenvalue weighted by Gasteiger charge is 2.13. The average molecular weight is 253 g/mol. The lowest BCUT2D eigenvalue weighted by Crippen LogP contribution is -2.10. The van der Waals surface area contributed by atoms with E-state index < -0.39 is 0 Å². The van der Waals surface area contributed by atoms with Crippen molar-refractivity contribution in [1.82, 2.24) is 0 Å². The molecule has 3 aromatic rings. The molecule has 2 N–H and O–H groups in total. The van der Waals surface area contributed by atoms with Crippen molar-refractivity contribution in [2.24, 2.45) is 5.73 Å². The molecule has 1 aromatic heterocycles. The quantitative estimate of drug-likeness (QED) is 0.725. The van der Waals surface area contributed by atoms with Gasteiger partial charge in [-0.15, -0.1) is 11.3 Å². The van der Waals surface area contributed by atoms with E-state index in [-0.39, 0.29) is 6.04 Å². The van der Waals surface area contributed by atoms with Crippen molar-refractivity contribution in [1.29, 1.82) is 0 Å². The van der Waals surface area contributed by atoms with E-state index in [1.807, 2.05) is 0 Å². The van der Waals surface area contributed by atoms with E-state index >= 15 is 0 Å². The van der Waals surface area contributed by atoms with E-state index in [0.29, 0.717) is 0 Å². The smallest absolute Gasteiger partial charge is 0.0652 e. The number of nitrogens with two attached hydrogens (primary N) is 1. The van der Waals surface area contributed by atoms with Crippen LogP contribution in [0, 0.1) is 6.92 Å². The molecule has 0 aliphatic carbocycles. The van der Waals surface area contributed by atoms with E-state index in [2.05, 4.69) is 60.8 Å². The third-order valence-corrected chi connectivity index (χ3v) is 4.32. The second kappa shape index (κ2) is 4.56. The molecule has 1 nitrogen and oxygen atoms in total. The van der Waals surface area contributed by atoms with Crippen molar-refractivity contribution in [3.05, 3.63) is 69.9 Å². The van der Waals surface area contributed by atoms with Gasteiger partial charge in [-0.25, -0.2) is 0 Å². The van der Waals surface area contributed by atoms with E-state index in [0.717, 1.165) is 0 Å². The molecule has 1 heterocycles. The molecule has 18 heavy (non-hydrogen) atoms. The Kier molecular flexibility index (Phi) is 2.90. The molecule has 0 fully saturated rings. The summed E-state index contributed by atoms with van der Waals surface area (Å²) in [4.78, 5) is 1.21. The van der Waals surface area contributed by atoms with Crippen LogP contribution in [0.4, 0.5) is 0 Å². The Balaban J connectivity index is 2.21. The topological polar surface area (TPSA) is 26.0 Å². The normalized spacial score (nSPS) is 12.8. The number of rotatable bonds is 2. The molecule has 0 aliphatic rings. The number of thiophene rings is 1. The summed E-state index contributed by atoms with van der Waals surface area (Å²) >= 11 is 1.71. The summed E-state index contributed by atoms with van der Waals surface area (Å²) in [5.74, 6) is 0. The fourth-order valence-electron chi connectivity index (χ4n) is 2.37. The van der Waals surface area contributed by atoms with Crippen LogP contribution in [0.3, 0.4) is 0 Å². The fourth-order valence-corrected chi connectivity index (χ4v) is 3.11. The Bertz CT molecular complexity index is 671. The maximum atomic E-state index is 6.39. The first kappa shape index (κ1) is 11.5. The third kappa shape index (κ3) is 1.84. The van der Waals surface area contributed by atoms with Crippen LogP contribution >= 0.6 is 11.3 Å². The standard InChI is InChI=1S/C16H15NS/c1-11-8-9-14(13-6-3-2-5-12(11)13)16(17)15-7-4-10-18-15/h2-10,16H,17H2,1H3/t16-/m1/s1. The highest BCUT2D eigenvalue weighted by molar-refractivity contribution is 7.10. The Morgan fingerprint density at radius 3 is 2.44 bits per heavy atom. The summed E-state index contributed by atoms with van der Waals surface area (Å²) < 4.78 is 0. The Morgan fingerprint density at radius 2 is 1.72 bits per heavy atom. The summed E-state index contributed by atoms with van der Waals surface area (Å²) in [6.07, 6.45) is 0. The van der Waals surface area contributed by atoms with Gasteiger partial charge in [-0.2, -0.15) is 0 Å². The molecule has 90 valence electrons. The minimum atomic E-state index is -0.0319. The van der Waals surface area contributed by atoms with Crippen LogP contribution in [0.2, 0.25) is 0 Å². The Labute approximate surface area is 111 Å². The van der Waals surface area contributed by atoms with Gasteiger partial charge in [0, 0.05) is 4.88 Å². The van der Waals surface area contributed by atoms with Gasteiger partial charge in [-0.1, -0.05) is 42.5 Å². The molecular formula is C16H15NS. The second-order valence-electron chi connectivity index (χ2n) is 4.51. The van der Waals surface area contributed by atoms with Crippen molar-refractivity contribution in [3.63, 3.8) is 0 Å². The highest BCUT2D eigenvalue weighted by atomic mass is 32.1. The van der Waals surface area contributed by atoms with Crippen molar-refractivity contribution < 1.29 is 0 Å². The average Bonchev–Trinajstić information content (AvgIpc) is 2.93. The van der Waals surface area contributed by atoms with Gasteiger partial charge < -0.3 is 5.73 Å². The molecule has 0 saturated heterocycles. The number of hydrogen-bond donors (Lipinski definition) is 1. The predicted molar refractivity (Wildman–Crippen MR) is 79.0 cm³/mol. The van der Waals surface area contributed by atoms with Gasteiger partial charge in [0.2, 0.25) is 0 Å². The number of benzene rings is 2. The molecule has 0 aliphatic heterocycles. The minimum Gasteiger partial charge on any atom is -0.320 e. The maximum Gasteiger partial charge on any atom is 0.0652 e. The summed E-state index contributed by atoms with van der Waals surface area (Å²) in [5.41, 5.74) is 8.89. The van der Waals surface area contributed by atoms with Crippen molar-refractivity contribution in [3.8, 4) is 0 Å². The van der Waals surface area contributed by atoms with Gasteiger partial charge >= 0.3 is 0 Å². The first-order valence-electron chi connectivity index (χ1n) is 6.04. The molecule has 0 saturated carbocycles. The zero-order chi connectivity index (χ0) is 12.5. The van der Waals surface area contributed by atoms with Gasteiger partial charge in [0.1, 0.15) is 0 Å². The molecule has 0 unspecified atom stereocenters. The first-order chi connectivity index (χ1) is 8.77. The van der Waals surface area contributed by atoms with E-state index in [1.165, 1.54) is 26.8 Å². The van der Waals surface area contributed by atoms with Crippen LogP contribution in [0.1, 0.15) is 22.0 Å². The summed E-state index contributed by atoms with van der Waals surface area (Å²) in [7, 11) is 0. The fraction of sp³-hybridized carbons (Fsp3) is 0.125. The zero-order valence-corrected chi connectivity index (χ0v) is 11.1. The second-order valence-corrected chi connectivity index (χ2v) is 5.49. The van der Waals surface area contributed by atoms with Crippen LogP contribution < -0.4 is 5.73 Å². The summed E-state index contributed by atoms with van der Waals surface area (Å²) in [6, 6.07) is 16.9. The zero-order valence-electron chi connectivity index (χ0n) is 10.3. The molecular weight excluding hydrogens is 238 g/mol. The molecule has 0 bridgehead atoms. The van der Waals surface area contributed by atoms with Gasteiger partial charge in [0.15, 0.2) is 0 Å². The van der Waals surface area contributed by atoms with Gasteiger partial charge in [-0.05, 0) is 40.3 Å². The van der Waals surface area contributed by atoms with Crippen molar-refractivity contribution in [2.75, 3.05) is 0 Å². The lowest BCUT2D eigenvalue weighted by molar-refractivity contribution is 0.903. The Morgan fingerprint density at radius 1 is 0.944 bits per heavy atom. The van der Waals surface area contributed by atoms with Crippen LogP contribution in [0.25, 0.3) is 10.8 Å². The number of aryl methyl sites for hydroxylation is 1. The van der Waals surface area contributed by atoms with Crippen LogP contribution in [0.15, 0.2) is 53.9 Å². The predicted octanol–water partition coefficient (Wildman–Crippen LogP) is 4.26. The van der Waals surface area contributed by atoms with E-state index in [9.17, 15) is 0 Å². The minimum absolute atomic E-state index is 0.0319. The van der Waals surface area contributed by atoms with E-state index in [1.54, 1.807) is 11.3 Å². The van der Waals surface area contributed by atoms with Crippen molar-refractivity contribution in [2.45, 2.75) is 13.0 Å². The molecule has 1 atom stereocenters. The number of hydrogen-bond acceptors (Lipinski definition) is 2. The first-order valence-corrected chi connectivity index (χ1v) is 6.92. The van der Waals surface area contributed by atoms with Crippen LogP contribution in [0.5, 0.6) is 0 Å². The van der Waals surface area contributed by atoms with Crippen LogP contribution in [-0.2, 0) is 0 Å². The lowest BCUT2D eigenvalue weighted by Gasteiger charge is -2.14. The molecule has 0 amide bonds. The summed E-state index contributed by atoms with van der Waals surface area (Å²) in [6.45, 7) is 2.14. The SMILES string of the molecule is Cc1ccc([C@@H](N)c2cccs2)c2ccccc12. The largest absolute Gasteiger partial charge is 0.320 e. The van der Waals surface area contributed by atoms with Crippen LogP contribution in [-0.4, -0.2) is 0 Å². The van der Waals surface area contributed by atoms with Gasteiger partial charge in [0.25, 0.3) is 0 Å². The third-order valence-electron chi connectivity index (χ3n) is 3.36. The molecule has 0 spiro atoms. The monoisotopic (exact) mass is 253 g/mol. The molecule has 0 radical (unpaired) electrons. The lowest BCUT2D eigenvalue weighted by atomic mass is 9.95. The molecule has 2 aromatic carbocycles. The molecule has 2 heteroatoms. The van der Waals surface area contributed by atoms with Crippen molar-refractivity contribution >= 4 is 22.1 Å². The molecule has 3 rings (SSSR count). The van der Waals surface area contributed by atoms with E-state index in [4.69, 9.17) is 5.73 Å². The van der Waals surface area contributed by atoms with Gasteiger partial charge in [0.05, 0.1) is 6.04 Å². The van der Waals surface area contributed by atoms with Gasteiger partial charge in [-0.3, -0.25) is 0 Å². The highest BCUT2D eigenvalue weighted by Crippen LogP contribution is 2.30.